The summed E-state index contributed by atoms with van der Waals surface area (Å²) < 4.78 is 26.0. The highest BCUT2D eigenvalue weighted by Crippen LogP contribution is 2.29. The molecule has 0 spiro atoms. The fourth-order valence-electron chi connectivity index (χ4n) is 1.60. The van der Waals surface area contributed by atoms with E-state index in [0.29, 0.717) is 11.4 Å². The van der Waals surface area contributed by atoms with Crippen molar-refractivity contribution in [1.82, 2.24) is 0 Å². The van der Waals surface area contributed by atoms with Crippen LogP contribution in [0, 0.1) is 18.6 Å². The number of hydrogen-bond acceptors (Lipinski definition) is 2. The molecule has 1 nitrogen and oxygen atoms in total. The van der Waals surface area contributed by atoms with E-state index in [1.165, 1.54) is 36.0 Å². The van der Waals surface area contributed by atoms with Crippen molar-refractivity contribution in [2.75, 3.05) is 5.73 Å². The summed E-state index contributed by atoms with van der Waals surface area (Å²) in [5.41, 5.74) is 8.08. The highest BCUT2D eigenvalue weighted by molar-refractivity contribution is 7.98. The molecule has 0 amide bonds. The maximum Gasteiger partial charge on any atom is 0.125 e. The minimum absolute atomic E-state index is 0.247. The topological polar surface area (TPSA) is 26.0 Å². The van der Waals surface area contributed by atoms with Gasteiger partial charge in [-0.2, -0.15) is 0 Å². The summed E-state index contributed by atoms with van der Waals surface area (Å²) in [7, 11) is 0. The van der Waals surface area contributed by atoms with E-state index in [-0.39, 0.29) is 11.6 Å². The summed E-state index contributed by atoms with van der Waals surface area (Å²) in [5.74, 6) is 0.0152. The molecule has 0 radical (unpaired) electrons. The van der Waals surface area contributed by atoms with Crippen LogP contribution in [0.4, 0.5) is 14.5 Å². The molecule has 0 aliphatic carbocycles. The second-order valence-corrected chi connectivity index (χ2v) is 5.06. The van der Waals surface area contributed by atoms with E-state index in [0.717, 1.165) is 16.0 Å². The first-order chi connectivity index (χ1) is 8.56. The molecule has 2 aromatic carbocycles. The Balaban J connectivity index is 2.13. The Hall–Kier alpha value is -1.55. The lowest BCUT2D eigenvalue weighted by Crippen LogP contribution is -1.92. The smallest absolute Gasteiger partial charge is 0.125 e. The van der Waals surface area contributed by atoms with Gasteiger partial charge in [-0.3, -0.25) is 0 Å². The Bertz CT molecular complexity index is 570. The van der Waals surface area contributed by atoms with Crippen molar-refractivity contribution in [2.45, 2.75) is 17.6 Å². The number of nitrogens with two attached hydrogens (primary N) is 1. The molecule has 0 saturated heterocycles. The largest absolute Gasteiger partial charge is 0.398 e. The fourth-order valence-corrected chi connectivity index (χ4v) is 2.61. The van der Waals surface area contributed by atoms with Gasteiger partial charge < -0.3 is 5.73 Å². The van der Waals surface area contributed by atoms with Crippen molar-refractivity contribution < 1.29 is 8.78 Å². The van der Waals surface area contributed by atoms with Gasteiger partial charge in [-0.05, 0) is 48.4 Å². The molecule has 0 saturated carbocycles. The van der Waals surface area contributed by atoms with Crippen LogP contribution in [-0.4, -0.2) is 0 Å². The number of thioether (sulfide) groups is 1. The maximum absolute atomic E-state index is 13.1. The molecular weight excluding hydrogens is 252 g/mol. The van der Waals surface area contributed by atoms with E-state index in [4.69, 9.17) is 5.73 Å². The van der Waals surface area contributed by atoms with Gasteiger partial charge in [0.05, 0.1) is 0 Å². The van der Waals surface area contributed by atoms with E-state index in [2.05, 4.69) is 0 Å². The predicted molar refractivity (Wildman–Crippen MR) is 71.5 cm³/mol. The van der Waals surface area contributed by atoms with E-state index >= 15 is 0 Å². The van der Waals surface area contributed by atoms with Gasteiger partial charge in [0.2, 0.25) is 0 Å². The molecule has 0 aliphatic rings. The SMILES string of the molecule is Cc1ccc(F)cc1CSc1ccc(F)cc1N. The van der Waals surface area contributed by atoms with E-state index in [1.54, 1.807) is 12.1 Å². The summed E-state index contributed by atoms with van der Waals surface area (Å²) >= 11 is 1.47. The van der Waals surface area contributed by atoms with Gasteiger partial charge in [0.15, 0.2) is 0 Å². The standard InChI is InChI=1S/C14H13F2NS/c1-9-2-3-11(15)6-10(9)8-18-14-5-4-12(16)7-13(14)17/h2-7H,8,17H2,1H3. The van der Waals surface area contributed by atoms with Crippen molar-refractivity contribution in [2.24, 2.45) is 0 Å². The summed E-state index contributed by atoms with van der Waals surface area (Å²) in [6.07, 6.45) is 0. The number of anilines is 1. The highest BCUT2D eigenvalue weighted by Gasteiger charge is 2.05. The zero-order valence-electron chi connectivity index (χ0n) is 9.91. The number of nitrogen functional groups attached to an aromatic ring is 1. The molecule has 0 atom stereocenters. The first-order valence-corrected chi connectivity index (χ1v) is 6.47. The van der Waals surface area contributed by atoms with Crippen LogP contribution in [0.5, 0.6) is 0 Å². The molecule has 94 valence electrons. The van der Waals surface area contributed by atoms with Crippen molar-refractivity contribution in [3.05, 3.63) is 59.2 Å². The van der Waals surface area contributed by atoms with Gasteiger partial charge in [0.25, 0.3) is 0 Å². The molecular formula is C14H13F2NS. The van der Waals surface area contributed by atoms with E-state index in [1.807, 2.05) is 6.92 Å². The lowest BCUT2D eigenvalue weighted by atomic mass is 10.1. The second-order valence-electron chi connectivity index (χ2n) is 4.04. The van der Waals surface area contributed by atoms with Crippen LogP contribution in [-0.2, 0) is 5.75 Å². The fraction of sp³-hybridized carbons (Fsp3) is 0.143. The molecule has 2 N–H and O–H groups in total. The monoisotopic (exact) mass is 265 g/mol. The molecule has 4 heteroatoms. The van der Waals surface area contributed by atoms with E-state index in [9.17, 15) is 8.78 Å². The number of aryl methyl sites for hydroxylation is 1. The Morgan fingerprint density at radius 1 is 1.06 bits per heavy atom. The van der Waals surface area contributed by atoms with Gasteiger partial charge >= 0.3 is 0 Å². The first kappa shape index (κ1) is 12.9. The van der Waals surface area contributed by atoms with Crippen molar-refractivity contribution in [3.8, 4) is 0 Å². The van der Waals surface area contributed by atoms with Gasteiger partial charge in [-0.25, -0.2) is 8.78 Å². The first-order valence-electron chi connectivity index (χ1n) is 5.49. The lowest BCUT2D eigenvalue weighted by Gasteiger charge is -2.08. The van der Waals surface area contributed by atoms with Crippen molar-refractivity contribution in [3.63, 3.8) is 0 Å². The quantitative estimate of drug-likeness (QED) is 0.666. The third kappa shape index (κ3) is 3.01. The van der Waals surface area contributed by atoms with Crippen LogP contribution in [0.25, 0.3) is 0 Å². The van der Waals surface area contributed by atoms with Crippen molar-refractivity contribution >= 4 is 17.4 Å². The molecule has 18 heavy (non-hydrogen) atoms. The zero-order chi connectivity index (χ0) is 13.1. The van der Waals surface area contributed by atoms with Crippen LogP contribution in [0.3, 0.4) is 0 Å². The average molecular weight is 265 g/mol. The normalized spacial score (nSPS) is 10.6. The molecule has 0 fully saturated rings. The van der Waals surface area contributed by atoms with Crippen LogP contribution >= 0.6 is 11.8 Å². The van der Waals surface area contributed by atoms with Crippen LogP contribution in [0.15, 0.2) is 41.3 Å². The number of hydrogen-bond donors (Lipinski definition) is 1. The van der Waals surface area contributed by atoms with Crippen molar-refractivity contribution in [1.29, 1.82) is 0 Å². The lowest BCUT2D eigenvalue weighted by molar-refractivity contribution is 0.626. The molecule has 2 rings (SSSR count). The third-order valence-electron chi connectivity index (χ3n) is 2.67. The minimum atomic E-state index is -0.348. The predicted octanol–water partition coefficient (Wildman–Crippen LogP) is 4.15. The Morgan fingerprint density at radius 2 is 1.72 bits per heavy atom. The van der Waals surface area contributed by atoms with Crippen LogP contribution in [0.1, 0.15) is 11.1 Å². The summed E-state index contributed by atoms with van der Waals surface area (Å²) in [5, 5.41) is 0. The molecule has 0 bridgehead atoms. The van der Waals surface area contributed by atoms with Gasteiger partial charge in [0, 0.05) is 16.3 Å². The minimum Gasteiger partial charge on any atom is -0.398 e. The molecule has 2 aromatic rings. The summed E-state index contributed by atoms with van der Waals surface area (Å²) in [6, 6.07) is 9.01. The maximum atomic E-state index is 13.1. The molecule has 0 heterocycles. The number of halogens is 2. The third-order valence-corrected chi connectivity index (χ3v) is 3.80. The summed E-state index contributed by atoms with van der Waals surface area (Å²) in [6.45, 7) is 1.93. The zero-order valence-corrected chi connectivity index (χ0v) is 10.7. The number of benzene rings is 2. The Labute approximate surface area is 109 Å². The number of rotatable bonds is 3. The second kappa shape index (κ2) is 5.40. The van der Waals surface area contributed by atoms with Crippen LogP contribution in [0.2, 0.25) is 0 Å². The Morgan fingerprint density at radius 3 is 2.44 bits per heavy atom. The van der Waals surface area contributed by atoms with Crippen LogP contribution < -0.4 is 5.73 Å². The van der Waals surface area contributed by atoms with Gasteiger partial charge in [0.1, 0.15) is 11.6 Å². The van der Waals surface area contributed by atoms with Gasteiger partial charge in [-0.15, -0.1) is 11.8 Å². The average Bonchev–Trinajstić information content (AvgIpc) is 2.32. The molecule has 0 unspecified atom stereocenters. The molecule has 0 aliphatic heterocycles. The highest BCUT2D eigenvalue weighted by atomic mass is 32.2. The summed E-state index contributed by atoms with van der Waals surface area (Å²) in [4.78, 5) is 0.806. The Kier molecular flexibility index (Phi) is 3.87. The molecule has 0 aromatic heterocycles. The van der Waals surface area contributed by atoms with E-state index < -0.39 is 0 Å². The van der Waals surface area contributed by atoms with Gasteiger partial charge in [-0.1, -0.05) is 6.07 Å².